The van der Waals surface area contributed by atoms with E-state index in [2.05, 4.69) is 52.2 Å². The van der Waals surface area contributed by atoms with Gasteiger partial charge in [-0.05, 0) is 60.5 Å². The van der Waals surface area contributed by atoms with E-state index < -0.39 is 0 Å². The van der Waals surface area contributed by atoms with Crippen LogP contribution in [0.15, 0.2) is 48.5 Å². The van der Waals surface area contributed by atoms with Crippen LogP contribution in [0.25, 0.3) is 0 Å². The highest BCUT2D eigenvalue weighted by molar-refractivity contribution is 5.58. The molecule has 2 aromatic carbocycles. The number of anilines is 1. The molecule has 2 heterocycles. The number of methoxy groups -OCH3 is 1. The van der Waals surface area contributed by atoms with E-state index in [0.717, 1.165) is 55.4 Å². The lowest BCUT2D eigenvalue weighted by molar-refractivity contribution is 0.187. The standard InChI is InChI=1S/C24H31FN6O/c1-5-24(2,3)31-23(26-27-28-31)22(18-10-12-19(25)13-11-18)30-16-14-29(15-17-30)20-8-6-7-9-21(20)32-4/h6-13,22H,5,14-17H2,1-4H3. The number of ether oxygens (including phenoxy) is 1. The van der Waals surface area contributed by atoms with Crippen LogP contribution in [-0.4, -0.2) is 58.4 Å². The van der Waals surface area contributed by atoms with E-state index in [0.29, 0.717) is 0 Å². The van der Waals surface area contributed by atoms with Crippen LogP contribution in [0.5, 0.6) is 5.75 Å². The summed E-state index contributed by atoms with van der Waals surface area (Å²) in [7, 11) is 1.70. The lowest BCUT2D eigenvalue weighted by Crippen LogP contribution is -2.49. The Labute approximate surface area is 188 Å². The molecular formula is C24H31FN6O. The summed E-state index contributed by atoms with van der Waals surface area (Å²) in [4.78, 5) is 4.73. The van der Waals surface area contributed by atoms with Gasteiger partial charge in [0.05, 0.1) is 24.4 Å². The van der Waals surface area contributed by atoms with Crippen molar-refractivity contribution < 1.29 is 9.13 Å². The highest BCUT2D eigenvalue weighted by Crippen LogP contribution is 2.34. The summed E-state index contributed by atoms with van der Waals surface area (Å²) in [6.07, 6.45) is 0.892. The highest BCUT2D eigenvalue weighted by Gasteiger charge is 2.34. The van der Waals surface area contributed by atoms with Crippen LogP contribution in [0.2, 0.25) is 0 Å². The molecule has 1 aliphatic heterocycles. The lowest BCUT2D eigenvalue weighted by atomic mass is 9.99. The molecule has 1 aliphatic rings. The second-order valence-corrected chi connectivity index (χ2v) is 8.76. The molecule has 3 aromatic rings. The summed E-state index contributed by atoms with van der Waals surface area (Å²) in [6, 6.07) is 14.6. The molecule has 0 bridgehead atoms. The lowest BCUT2D eigenvalue weighted by Gasteiger charge is -2.40. The molecule has 0 N–H and O–H groups in total. The maximum absolute atomic E-state index is 13.7. The van der Waals surface area contributed by atoms with Crippen molar-refractivity contribution in [1.29, 1.82) is 0 Å². The van der Waals surface area contributed by atoms with Gasteiger partial charge in [0, 0.05) is 26.2 Å². The van der Waals surface area contributed by atoms with Gasteiger partial charge in [-0.3, -0.25) is 4.90 Å². The van der Waals surface area contributed by atoms with Crippen molar-refractivity contribution in [2.45, 2.75) is 38.8 Å². The summed E-state index contributed by atoms with van der Waals surface area (Å²) >= 11 is 0. The smallest absolute Gasteiger partial charge is 0.173 e. The van der Waals surface area contributed by atoms with Crippen molar-refractivity contribution >= 4 is 5.69 Å². The third kappa shape index (κ3) is 4.32. The fourth-order valence-electron chi connectivity index (χ4n) is 4.23. The number of halogens is 1. The molecule has 0 saturated carbocycles. The molecule has 1 aromatic heterocycles. The van der Waals surface area contributed by atoms with Crippen molar-refractivity contribution in [3.8, 4) is 5.75 Å². The summed E-state index contributed by atoms with van der Waals surface area (Å²) in [6.45, 7) is 9.72. The van der Waals surface area contributed by atoms with E-state index >= 15 is 0 Å². The van der Waals surface area contributed by atoms with Gasteiger partial charge in [0.15, 0.2) is 5.82 Å². The second-order valence-electron chi connectivity index (χ2n) is 8.76. The molecule has 0 spiro atoms. The predicted octanol–water partition coefficient (Wildman–Crippen LogP) is 3.88. The van der Waals surface area contributed by atoms with Crippen LogP contribution in [-0.2, 0) is 5.54 Å². The minimum absolute atomic E-state index is 0.156. The topological polar surface area (TPSA) is 59.3 Å². The molecule has 1 unspecified atom stereocenters. The Hall–Kier alpha value is -3.00. The van der Waals surface area contributed by atoms with Crippen LogP contribution >= 0.6 is 0 Å². The minimum atomic E-state index is -0.248. The van der Waals surface area contributed by atoms with Crippen molar-refractivity contribution in [2.75, 3.05) is 38.2 Å². The monoisotopic (exact) mass is 438 g/mol. The Balaban J connectivity index is 1.64. The SMILES string of the molecule is CCC(C)(C)n1nnnc1C(c1ccc(F)cc1)N1CCN(c2ccccc2OC)CC1. The van der Waals surface area contributed by atoms with Gasteiger partial charge in [0.1, 0.15) is 11.6 Å². The largest absolute Gasteiger partial charge is 0.495 e. The van der Waals surface area contributed by atoms with Gasteiger partial charge >= 0.3 is 0 Å². The van der Waals surface area contributed by atoms with Crippen LogP contribution in [0.3, 0.4) is 0 Å². The van der Waals surface area contributed by atoms with Crippen LogP contribution in [0, 0.1) is 5.82 Å². The Morgan fingerprint density at radius 3 is 2.38 bits per heavy atom. The quantitative estimate of drug-likeness (QED) is 0.558. The van der Waals surface area contributed by atoms with Gasteiger partial charge in [-0.2, -0.15) is 0 Å². The number of hydrogen-bond acceptors (Lipinski definition) is 6. The fourth-order valence-corrected chi connectivity index (χ4v) is 4.23. The van der Waals surface area contributed by atoms with Gasteiger partial charge in [0.25, 0.3) is 0 Å². The van der Waals surface area contributed by atoms with E-state index in [1.165, 1.54) is 12.1 Å². The summed E-state index contributed by atoms with van der Waals surface area (Å²) in [5.74, 6) is 1.42. The Bertz CT molecular complexity index is 1030. The van der Waals surface area contributed by atoms with E-state index in [-0.39, 0.29) is 17.4 Å². The van der Waals surface area contributed by atoms with E-state index in [1.807, 2.05) is 35.0 Å². The number of nitrogens with zero attached hydrogens (tertiary/aromatic N) is 6. The third-order valence-corrected chi connectivity index (χ3v) is 6.47. The Kier molecular flexibility index (Phi) is 6.41. The first-order valence-corrected chi connectivity index (χ1v) is 11.1. The Morgan fingerprint density at radius 2 is 1.72 bits per heavy atom. The molecule has 0 radical (unpaired) electrons. The highest BCUT2D eigenvalue weighted by atomic mass is 19.1. The van der Waals surface area contributed by atoms with Gasteiger partial charge in [-0.25, -0.2) is 9.07 Å². The number of benzene rings is 2. The fraction of sp³-hybridized carbons (Fsp3) is 0.458. The molecule has 1 atom stereocenters. The second kappa shape index (κ2) is 9.24. The average molecular weight is 439 g/mol. The molecule has 8 heteroatoms. The van der Waals surface area contributed by atoms with Gasteiger partial charge < -0.3 is 9.64 Å². The van der Waals surface area contributed by atoms with Crippen LogP contribution in [0.4, 0.5) is 10.1 Å². The molecule has 7 nitrogen and oxygen atoms in total. The predicted molar refractivity (Wildman–Crippen MR) is 122 cm³/mol. The molecule has 1 fully saturated rings. The summed E-state index contributed by atoms with van der Waals surface area (Å²) < 4.78 is 21.2. The zero-order valence-corrected chi connectivity index (χ0v) is 19.2. The normalized spacial score (nSPS) is 16.2. The van der Waals surface area contributed by atoms with Crippen LogP contribution in [0.1, 0.15) is 44.6 Å². The van der Waals surface area contributed by atoms with E-state index in [1.54, 1.807) is 7.11 Å². The van der Waals surface area contributed by atoms with E-state index in [9.17, 15) is 4.39 Å². The summed E-state index contributed by atoms with van der Waals surface area (Å²) in [5, 5.41) is 12.8. The summed E-state index contributed by atoms with van der Waals surface area (Å²) in [5.41, 5.74) is 1.86. The van der Waals surface area contributed by atoms with Crippen molar-refractivity contribution in [2.24, 2.45) is 0 Å². The van der Waals surface area contributed by atoms with Gasteiger partial charge in [-0.15, -0.1) is 5.10 Å². The zero-order chi connectivity index (χ0) is 22.7. The molecule has 1 saturated heterocycles. The number of tetrazole rings is 1. The maximum Gasteiger partial charge on any atom is 0.173 e. The molecule has 4 rings (SSSR count). The van der Waals surface area contributed by atoms with Crippen molar-refractivity contribution in [3.05, 3.63) is 65.7 Å². The number of hydrogen-bond donors (Lipinski definition) is 0. The number of piperazine rings is 1. The molecule has 0 amide bonds. The molecular weight excluding hydrogens is 407 g/mol. The maximum atomic E-state index is 13.7. The van der Waals surface area contributed by atoms with Gasteiger partial charge in [-0.1, -0.05) is 31.2 Å². The molecule has 0 aliphatic carbocycles. The third-order valence-electron chi connectivity index (χ3n) is 6.47. The molecule has 32 heavy (non-hydrogen) atoms. The Morgan fingerprint density at radius 1 is 1.03 bits per heavy atom. The molecule has 170 valence electrons. The van der Waals surface area contributed by atoms with Crippen LogP contribution < -0.4 is 9.64 Å². The zero-order valence-electron chi connectivity index (χ0n) is 19.2. The average Bonchev–Trinajstić information content (AvgIpc) is 3.31. The first-order chi connectivity index (χ1) is 15.4. The number of para-hydroxylation sites is 2. The first-order valence-electron chi connectivity index (χ1n) is 11.1. The minimum Gasteiger partial charge on any atom is -0.495 e. The first kappa shape index (κ1) is 22.2. The number of rotatable bonds is 7. The van der Waals surface area contributed by atoms with E-state index in [4.69, 9.17) is 4.74 Å². The number of aromatic nitrogens is 4. The van der Waals surface area contributed by atoms with Crippen molar-refractivity contribution in [3.63, 3.8) is 0 Å². The van der Waals surface area contributed by atoms with Crippen molar-refractivity contribution in [1.82, 2.24) is 25.1 Å². The van der Waals surface area contributed by atoms with Gasteiger partial charge in [0.2, 0.25) is 0 Å².